The molecule has 1 aromatic carbocycles. The standard InChI is InChI=1S/C17H25NO2/c1-3-14-15-9-5-6-10-16(15)20-17(14)13(2)18-11-7-4-8-12-19/h5-6,9-10,13,18-19H,3-4,7-8,11-12H2,1-2H3. The van der Waals surface area contributed by atoms with Crippen molar-refractivity contribution < 1.29 is 9.52 Å². The maximum atomic E-state index is 8.77. The lowest BCUT2D eigenvalue weighted by atomic mass is 10.0. The third kappa shape index (κ3) is 3.41. The van der Waals surface area contributed by atoms with Crippen molar-refractivity contribution in [2.75, 3.05) is 13.2 Å². The lowest BCUT2D eigenvalue weighted by molar-refractivity contribution is 0.282. The first-order valence-corrected chi connectivity index (χ1v) is 7.62. The third-order valence-corrected chi connectivity index (χ3v) is 3.76. The van der Waals surface area contributed by atoms with Gasteiger partial charge in [-0.15, -0.1) is 0 Å². The van der Waals surface area contributed by atoms with Gasteiger partial charge in [0, 0.05) is 17.6 Å². The molecule has 0 radical (unpaired) electrons. The molecule has 1 atom stereocenters. The molecule has 0 aliphatic heterocycles. The quantitative estimate of drug-likeness (QED) is 0.720. The molecular formula is C17H25NO2. The molecule has 0 aliphatic rings. The van der Waals surface area contributed by atoms with Crippen molar-refractivity contribution in [1.82, 2.24) is 5.32 Å². The van der Waals surface area contributed by atoms with Crippen LogP contribution >= 0.6 is 0 Å². The lowest BCUT2D eigenvalue weighted by Crippen LogP contribution is -2.20. The molecule has 0 saturated carbocycles. The van der Waals surface area contributed by atoms with Crippen molar-refractivity contribution in [2.24, 2.45) is 0 Å². The van der Waals surface area contributed by atoms with Crippen LogP contribution in [0.5, 0.6) is 0 Å². The van der Waals surface area contributed by atoms with Crippen molar-refractivity contribution in [1.29, 1.82) is 0 Å². The Morgan fingerprint density at radius 2 is 2.00 bits per heavy atom. The summed E-state index contributed by atoms with van der Waals surface area (Å²) in [5, 5.41) is 13.5. The van der Waals surface area contributed by atoms with Gasteiger partial charge < -0.3 is 14.8 Å². The highest BCUT2D eigenvalue weighted by molar-refractivity contribution is 5.82. The van der Waals surface area contributed by atoms with E-state index in [9.17, 15) is 0 Å². The Balaban J connectivity index is 2.03. The fraction of sp³-hybridized carbons (Fsp3) is 0.529. The highest BCUT2D eigenvalue weighted by Gasteiger charge is 2.17. The molecule has 0 amide bonds. The number of unbranched alkanes of at least 4 members (excludes halogenated alkanes) is 2. The Kier molecular flexibility index (Phi) is 5.62. The molecule has 3 heteroatoms. The van der Waals surface area contributed by atoms with Crippen LogP contribution in [-0.2, 0) is 6.42 Å². The van der Waals surface area contributed by atoms with Crippen LogP contribution in [0.25, 0.3) is 11.0 Å². The molecule has 0 fully saturated rings. The first-order chi connectivity index (χ1) is 9.77. The van der Waals surface area contributed by atoms with Crippen LogP contribution in [0, 0.1) is 0 Å². The van der Waals surface area contributed by atoms with E-state index in [2.05, 4.69) is 31.3 Å². The molecule has 2 aromatic rings. The van der Waals surface area contributed by atoms with Crippen LogP contribution in [0.4, 0.5) is 0 Å². The van der Waals surface area contributed by atoms with Crippen molar-refractivity contribution in [2.45, 2.75) is 45.6 Å². The van der Waals surface area contributed by atoms with Gasteiger partial charge in [-0.3, -0.25) is 0 Å². The molecule has 0 saturated heterocycles. The summed E-state index contributed by atoms with van der Waals surface area (Å²) >= 11 is 0. The molecule has 0 spiro atoms. The number of nitrogens with one attached hydrogen (secondary N) is 1. The highest BCUT2D eigenvalue weighted by atomic mass is 16.3. The molecular weight excluding hydrogens is 250 g/mol. The summed E-state index contributed by atoms with van der Waals surface area (Å²) in [5.74, 6) is 1.07. The number of hydrogen-bond donors (Lipinski definition) is 2. The van der Waals surface area contributed by atoms with E-state index in [1.54, 1.807) is 0 Å². The van der Waals surface area contributed by atoms with Crippen LogP contribution in [-0.4, -0.2) is 18.3 Å². The summed E-state index contributed by atoms with van der Waals surface area (Å²) in [6.45, 7) is 5.58. The van der Waals surface area contributed by atoms with Crippen LogP contribution in [0.15, 0.2) is 28.7 Å². The maximum absolute atomic E-state index is 8.77. The molecule has 20 heavy (non-hydrogen) atoms. The largest absolute Gasteiger partial charge is 0.459 e. The number of aliphatic hydroxyl groups is 1. The minimum Gasteiger partial charge on any atom is -0.459 e. The van der Waals surface area contributed by atoms with Gasteiger partial charge in [-0.1, -0.05) is 25.1 Å². The second-order valence-corrected chi connectivity index (χ2v) is 5.25. The highest BCUT2D eigenvalue weighted by Crippen LogP contribution is 2.30. The Labute approximate surface area is 121 Å². The summed E-state index contributed by atoms with van der Waals surface area (Å²) < 4.78 is 6.03. The summed E-state index contributed by atoms with van der Waals surface area (Å²) in [7, 11) is 0. The number of rotatable bonds is 8. The number of benzene rings is 1. The Hall–Kier alpha value is -1.32. The number of furan rings is 1. The van der Waals surface area contributed by atoms with Gasteiger partial charge in [-0.25, -0.2) is 0 Å². The SMILES string of the molecule is CCc1c(C(C)NCCCCCO)oc2ccccc12. The Morgan fingerprint density at radius 1 is 1.20 bits per heavy atom. The fourth-order valence-electron chi connectivity index (χ4n) is 2.66. The molecule has 1 aromatic heterocycles. The van der Waals surface area contributed by atoms with Crippen molar-refractivity contribution >= 4 is 11.0 Å². The smallest absolute Gasteiger partial charge is 0.134 e. The number of hydrogen-bond acceptors (Lipinski definition) is 3. The van der Waals surface area contributed by atoms with Crippen molar-refractivity contribution in [3.63, 3.8) is 0 Å². The monoisotopic (exact) mass is 275 g/mol. The number of para-hydroxylation sites is 1. The topological polar surface area (TPSA) is 45.4 Å². The molecule has 110 valence electrons. The zero-order valence-corrected chi connectivity index (χ0v) is 12.5. The Bertz CT molecular complexity index is 533. The van der Waals surface area contributed by atoms with Gasteiger partial charge in [0.25, 0.3) is 0 Å². The summed E-state index contributed by atoms with van der Waals surface area (Å²) in [5.41, 5.74) is 2.30. The minimum atomic E-state index is 0.228. The summed E-state index contributed by atoms with van der Waals surface area (Å²) in [4.78, 5) is 0. The maximum Gasteiger partial charge on any atom is 0.134 e. The summed E-state index contributed by atoms with van der Waals surface area (Å²) in [6.07, 6.45) is 4.04. The third-order valence-electron chi connectivity index (χ3n) is 3.76. The predicted octanol–water partition coefficient (Wildman–Crippen LogP) is 3.81. The molecule has 1 heterocycles. The van der Waals surface area contributed by atoms with Gasteiger partial charge in [0.15, 0.2) is 0 Å². The normalized spacial score (nSPS) is 12.9. The van der Waals surface area contributed by atoms with E-state index in [1.807, 2.05) is 12.1 Å². The lowest BCUT2D eigenvalue weighted by Gasteiger charge is -2.13. The van der Waals surface area contributed by atoms with Crippen LogP contribution < -0.4 is 5.32 Å². The first-order valence-electron chi connectivity index (χ1n) is 7.62. The molecule has 2 rings (SSSR count). The van der Waals surface area contributed by atoms with E-state index in [0.717, 1.165) is 43.6 Å². The number of fused-ring (bicyclic) bond motifs is 1. The number of aliphatic hydroxyl groups excluding tert-OH is 1. The van der Waals surface area contributed by atoms with Crippen molar-refractivity contribution in [3.8, 4) is 0 Å². The summed E-state index contributed by atoms with van der Waals surface area (Å²) in [6, 6.07) is 8.48. The van der Waals surface area contributed by atoms with E-state index in [0.29, 0.717) is 6.61 Å². The van der Waals surface area contributed by atoms with Gasteiger partial charge in [0.05, 0.1) is 6.04 Å². The van der Waals surface area contributed by atoms with E-state index >= 15 is 0 Å². The average molecular weight is 275 g/mol. The van der Waals surface area contributed by atoms with E-state index < -0.39 is 0 Å². The van der Waals surface area contributed by atoms with Gasteiger partial charge in [0.2, 0.25) is 0 Å². The van der Waals surface area contributed by atoms with E-state index in [-0.39, 0.29) is 6.04 Å². The van der Waals surface area contributed by atoms with Gasteiger partial charge in [-0.05, 0) is 45.2 Å². The van der Waals surface area contributed by atoms with Crippen LogP contribution in [0.1, 0.15) is 50.5 Å². The molecule has 0 aliphatic carbocycles. The van der Waals surface area contributed by atoms with Gasteiger partial charge >= 0.3 is 0 Å². The second kappa shape index (κ2) is 7.46. The Morgan fingerprint density at radius 3 is 2.75 bits per heavy atom. The van der Waals surface area contributed by atoms with Crippen molar-refractivity contribution in [3.05, 3.63) is 35.6 Å². The molecule has 2 N–H and O–H groups in total. The second-order valence-electron chi connectivity index (χ2n) is 5.25. The zero-order chi connectivity index (χ0) is 14.4. The fourth-order valence-corrected chi connectivity index (χ4v) is 2.66. The van der Waals surface area contributed by atoms with Crippen LogP contribution in [0.3, 0.4) is 0 Å². The van der Waals surface area contributed by atoms with E-state index in [4.69, 9.17) is 9.52 Å². The van der Waals surface area contributed by atoms with E-state index in [1.165, 1.54) is 10.9 Å². The van der Waals surface area contributed by atoms with Gasteiger partial charge in [0.1, 0.15) is 11.3 Å². The number of aryl methyl sites for hydroxylation is 1. The molecule has 0 bridgehead atoms. The minimum absolute atomic E-state index is 0.228. The zero-order valence-electron chi connectivity index (χ0n) is 12.5. The molecule has 1 unspecified atom stereocenters. The van der Waals surface area contributed by atoms with Crippen LogP contribution in [0.2, 0.25) is 0 Å². The predicted molar refractivity (Wildman–Crippen MR) is 82.9 cm³/mol. The van der Waals surface area contributed by atoms with Gasteiger partial charge in [-0.2, -0.15) is 0 Å². The molecule has 3 nitrogen and oxygen atoms in total. The average Bonchev–Trinajstić information content (AvgIpc) is 2.85. The first kappa shape index (κ1) is 15.1.